The minimum Gasteiger partial charge on any atom is -0.350 e. The molecule has 1 N–H and O–H groups in total. The predicted octanol–water partition coefficient (Wildman–Crippen LogP) is 3.74. The van der Waals surface area contributed by atoms with Crippen LogP contribution in [0.25, 0.3) is 0 Å². The Labute approximate surface area is 113 Å². The highest BCUT2D eigenvalue weighted by Crippen LogP contribution is 2.11. The number of carbonyl (C=O) groups is 1. The van der Waals surface area contributed by atoms with E-state index in [1.54, 1.807) is 0 Å². The van der Waals surface area contributed by atoms with Crippen molar-refractivity contribution in [2.75, 3.05) is 0 Å². The number of amides is 1. The molecule has 0 aliphatic heterocycles. The minimum atomic E-state index is -0.0202. The zero-order valence-corrected chi connectivity index (χ0v) is 12.5. The summed E-state index contributed by atoms with van der Waals surface area (Å²) in [5.74, 6) is -0.0202. The predicted molar refractivity (Wildman–Crippen MR) is 74.1 cm³/mol. The van der Waals surface area contributed by atoms with Gasteiger partial charge in [-0.25, -0.2) is 0 Å². The summed E-state index contributed by atoms with van der Waals surface area (Å²) in [5.41, 5.74) is 0.692. The van der Waals surface area contributed by atoms with E-state index in [0.717, 1.165) is 10.9 Å². The fraction of sp³-hybridized carbons (Fsp3) is 0.417. The third-order valence-corrected chi connectivity index (χ3v) is 3.06. The standard InChI is InChI=1S/C12H15Br2NO/c1-8(13)7-9(2)15-12(16)10-3-5-11(14)6-4-10/h3-6,8-9H,7H2,1-2H3,(H,15,16). The smallest absolute Gasteiger partial charge is 0.251 e. The van der Waals surface area contributed by atoms with E-state index in [1.165, 1.54) is 0 Å². The van der Waals surface area contributed by atoms with Crippen molar-refractivity contribution in [2.45, 2.75) is 31.1 Å². The van der Waals surface area contributed by atoms with Gasteiger partial charge >= 0.3 is 0 Å². The largest absolute Gasteiger partial charge is 0.350 e. The molecule has 1 aromatic carbocycles. The lowest BCUT2D eigenvalue weighted by molar-refractivity contribution is 0.0938. The third-order valence-electron chi connectivity index (χ3n) is 2.16. The van der Waals surface area contributed by atoms with Crippen LogP contribution in [0.15, 0.2) is 28.7 Å². The van der Waals surface area contributed by atoms with Crippen LogP contribution in [0.4, 0.5) is 0 Å². The SMILES string of the molecule is CC(Br)CC(C)NC(=O)c1ccc(Br)cc1. The number of benzene rings is 1. The van der Waals surface area contributed by atoms with Gasteiger partial charge in [-0.1, -0.05) is 38.8 Å². The lowest BCUT2D eigenvalue weighted by Crippen LogP contribution is -2.33. The van der Waals surface area contributed by atoms with Crippen molar-refractivity contribution in [1.82, 2.24) is 5.32 Å². The topological polar surface area (TPSA) is 29.1 Å². The van der Waals surface area contributed by atoms with Crippen molar-refractivity contribution >= 4 is 37.8 Å². The average molecular weight is 349 g/mol. The summed E-state index contributed by atoms with van der Waals surface area (Å²) in [6, 6.07) is 7.53. The normalized spacial score (nSPS) is 14.2. The average Bonchev–Trinajstić information content (AvgIpc) is 2.16. The maximum absolute atomic E-state index is 11.8. The van der Waals surface area contributed by atoms with Crippen LogP contribution < -0.4 is 5.32 Å². The molecule has 0 heterocycles. The highest BCUT2D eigenvalue weighted by molar-refractivity contribution is 9.10. The van der Waals surface area contributed by atoms with Gasteiger partial charge in [0.1, 0.15) is 0 Å². The molecule has 0 spiro atoms. The number of rotatable bonds is 4. The summed E-state index contributed by atoms with van der Waals surface area (Å²) in [4.78, 5) is 12.2. The Morgan fingerprint density at radius 2 is 1.88 bits per heavy atom. The Bertz CT molecular complexity index is 349. The molecule has 2 atom stereocenters. The number of nitrogens with one attached hydrogen (secondary N) is 1. The molecule has 0 radical (unpaired) electrons. The van der Waals surface area contributed by atoms with Gasteiger partial charge in [-0.15, -0.1) is 0 Å². The van der Waals surface area contributed by atoms with E-state index in [9.17, 15) is 4.79 Å². The number of halogens is 2. The summed E-state index contributed by atoms with van der Waals surface area (Å²) in [7, 11) is 0. The number of alkyl halides is 1. The second-order valence-electron chi connectivity index (χ2n) is 3.90. The third kappa shape index (κ3) is 4.66. The summed E-state index contributed by atoms with van der Waals surface area (Å²) in [6.07, 6.45) is 0.919. The van der Waals surface area contributed by atoms with Crippen LogP contribution in [-0.4, -0.2) is 16.8 Å². The number of hydrogen-bond acceptors (Lipinski definition) is 1. The summed E-state index contributed by atoms with van der Waals surface area (Å²) in [5, 5.41) is 2.96. The van der Waals surface area contributed by atoms with Crippen LogP contribution in [0.2, 0.25) is 0 Å². The molecule has 1 aromatic rings. The molecule has 2 unspecified atom stereocenters. The lowest BCUT2D eigenvalue weighted by Gasteiger charge is -2.15. The van der Waals surface area contributed by atoms with Gasteiger partial charge in [-0.3, -0.25) is 4.79 Å². The van der Waals surface area contributed by atoms with Crippen LogP contribution in [0.3, 0.4) is 0 Å². The van der Waals surface area contributed by atoms with Crippen LogP contribution in [0.5, 0.6) is 0 Å². The van der Waals surface area contributed by atoms with E-state index < -0.39 is 0 Å². The minimum absolute atomic E-state index is 0.0202. The molecule has 0 aromatic heterocycles. The quantitative estimate of drug-likeness (QED) is 0.825. The van der Waals surface area contributed by atoms with E-state index in [0.29, 0.717) is 10.4 Å². The fourth-order valence-corrected chi connectivity index (χ4v) is 2.28. The first kappa shape index (κ1) is 13.7. The molecule has 1 amide bonds. The van der Waals surface area contributed by atoms with Crippen LogP contribution >= 0.6 is 31.9 Å². The van der Waals surface area contributed by atoms with E-state index in [4.69, 9.17) is 0 Å². The number of hydrogen-bond donors (Lipinski definition) is 1. The van der Waals surface area contributed by atoms with Gasteiger partial charge in [0.15, 0.2) is 0 Å². The van der Waals surface area contributed by atoms with E-state index in [2.05, 4.69) is 44.1 Å². The first-order valence-corrected chi connectivity index (χ1v) is 6.90. The molecule has 0 fully saturated rings. The molecule has 88 valence electrons. The Morgan fingerprint density at radius 3 is 2.38 bits per heavy atom. The van der Waals surface area contributed by atoms with Crippen molar-refractivity contribution in [3.8, 4) is 0 Å². The first-order chi connectivity index (χ1) is 7.49. The fourth-order valence-electron chi connectivity index (χ4n) is 1.45. The van der Waals surface area contributed by atoms with Gasteiger partial charge in [0, 0.05) is 20.9 Å². The summed E-state index contributed by atoms with van der Waals surface area (Å²) >= 11 is 6.81. The molecule has 0 saturated carbocycles. The molecular weight excluding hydrogens is 334 g/mol. The monoisotopic (exact) mass is 347 g/mol. The second kappa shape index (κ2) is 6.40. The molecule has 4 heteroatoms. The molecule has 1 rings (SSSR count). The Morgan fingerprint density at radius 1 is 1.31 bits per heavy atom. The van der Waals surface area contributed by atoms with Crippen molar-refractivity contribution in [1.29, 1.82) is 0 Å². The maximum Gasteiger partial charge on any atom is 0.251 e. The van der Waals surface area contributed by atoms with Crippen LogP contribution in [0.1, 0.15) is 30.6 Å². The zero-order chi connectivity index (χ0) is 12.1. The van der Waals surface area contributed by atoms with Crippen molar-refractivity contribution in [3.05, 3.63) is 34.3 Å². The van der Waals surface area contributed by atoms with Gasteiger partial charge in [-0.05, 0) is 37.6 Å². The zero-order valence-electron chi connectivity index (χ0n) is 9.34. The van der Waals surface area contributed by atoms with E-state index >= 15 is 0 Å². The van der Waals surface area contributed by atoms with Crippen LogP contribution in [0, 0.1) is 0 Å². The van der Waals surface area contributed by atoms with E-state index in [-0.39, 0.29) is 11.9 Å². The second-order valence-corrected chi connectivity index (χ2v) is 6.38. The van der Waals surface area contributed by atoms with E-state index in [1.807, 2.05) is 31.2 Å². The maximum atomic E-state index is 11.8. The summed E-state index contributed by atoms with van der Waals surface area (Å²) in [6.45, 7) is 4.08. The highest BCUT2D eigenvalue weighted by Gasteiger charge is 2.11. The molecule has 0 saturated heterocycles. The van der Waals surface area contributed by atoms with Gasteiger partial charge in [0.05, 0.1) is 0 Å². The van der Waals surface area contributed by atoms with Crippen LogP contribution in [-0.2, 0) is 0 Å². The molecular formula is C12H15Br2NO. The molecule has 0 aliphatic carbocycles. The van der Waals surface area contributed by atoms with Crippen molar-refractivity contribution < 1.29 is 4.79 Å². The molecule has 0 bridgehead atoms. The Hall–Kier alpha value is -0.350. The van der Waals surface area contributed by atoms with Gasteiger partial charge in [0.25, 0.3) is 5.91 Å². The Kier molecular flexibility index (Phi) is 5.49. The van der Waals surface area contributed by atoms with Gasteiger partial charge in [-0.2, -0.15) is 0 Å². The summed E-state index contributed by atoms with van der Waals surface area (Å²) < 4.78 is 0.978. The molecule has 0 aliphatic rings. The Balaban J connectivity index is 2.55. The first-order valence-electron chi connectivity index (χ1n) is 5.19. The molecule has 16 heavy (non-hydrogen) atoms. The van der Waals surface area contributed by atoms with Gasteiger partial charge < -0.3 is 5.32 Å². The molecule has 2 nitrogen and oxygen atoms in total. The van der Waals surface area contributed by atoms with Crippen molar-refractivity contribution in [3.63, 3.8) is 0 Å². The lowest BCUT2D eigenvalue weighted by atomic mass is 10.1. The highest BCUT2D eigenvalue weighted by atomic mass is 79.9. The van der Waals surface area contributed by atoms with Gasteiger partial charge in [0.2, 0.25) is 0 Å². The van der Waals surface area contributed by atoms with Crippen molar-refractivity contribution in [2.24, 2.45) is 0 Å². The number of carbonyl (C=O) groups excluding carboxylic acids is 1.